The predicted octanol–water partition coefficient (Wildman–Crippen LogP) is 1.73. The smallest absolute Gasteiger partial charge is 0.295 e. The van der Waals surface area contributed by atoms with Gasteiger partial charge in [-0.15, -0.1) is 0 Å². The molecule has 3 aromatic rings. The summed E-state index contributed by atoms with van der Waals surface area (Å²) in [4.78, 5) is 39.9. The Bertz CT molecular complexity index is 1230. The van der Waals surface area contributed by atoms with Crippen LogP contribution in [0.1, 0.15) is 15.9 Å². The molecule has 2 aliphatic heterocycles. The van der Waals surface area contributed by atoms with Gasteiger partial charge >= 0.3 is 0 Å². The molecule has 5 rings (SSSR count). The molecule has 0 radical (unpaired) electrons. The van der Waals surface area contributed by atoms with E-state index in [1.54, 1.807) is 16.8 Å². The summed E-state index contributed by atoms with van der Waals surface area (Å²) in [5, 5.41) is 3.53. The number of carbonyl (C=O) groups excluding carboxylic acids is 3. The molecule has 0 atom stereocenters. The van der Waals surface area contributed by atoms with Crippen molar-refractivity contribution in [3.8, 4) is 11.5 Å². The van der Waals surface area contributed by atoms with Gasteiger partial charge in [0.15, 0.2) is 11.5 Å². The monoisotopic (exact) mass is 449 g/mol. The van der Waals surface area contributed by atoms with Gasteiger partial charge in [-0.05, 0) is 23.8 Å². The molecule has 0 bridgehead atoms. The number of ketones is 1. The number of hydrogen-bond acceptors (Lipinski definition) is 6. The minimum Gasteiger partial charge on any atom is -0.454 e. The average Bonchev–Trinajstić information content (AvgIpc) is 3.47. The predicted molar refractivity (Wildman–Crippen MR) is 118 cm³/mol. The average molecular weight is 449 g/mol. The zero-order chi connectivity index (χ0) is 22.8. The number of carbonyl (C=O) groups is 3. The Balaban J connectivity index is 1.30. The first-order chi connectivity index (χ1) is 16.1. The van der Waals surface area contributed by atoms with Crippen LogP contribution in [-0.2, 0) is 27.4 Å². The Labute approximate surface area is 189 Å². The normalized spacial score (nSPS) is 15.0. The number of ether oxygens (including phenoxy) is 3. The second-order valence-electron chi connectivity index (χ2n) is 7.89. The number of aromatic nitrogens is 1. The number of benzene rings is 2. The highest BCUT2D eigenvalue weighted by atomic mass is 16.7. The van der Waals surface area contributed by atoms with Gasteiger partial charge in [0.1, 0.15) is 6.54 Å². The maximum atomic E-state index is 13.0. The van der Waals surface area contributed by atoms with E-state index >= 15 is 0 Å². The van der Waals surface area contributed by atoms with Gasteiger partial charge in [0.2, 0.25) is 12.7 Å². The number of fused-ring (bicyclic) bond motifs is 2. The number of morpholine rings is 1. The summed E-state index contributed by atoms with van der Waals surface area (Å²) in [5.74, 6) is 0.00644. The van der Waals surface area contributed by atoms with Gasteiger partial charge in [-0.2, -0.15) is 0 Å². The molecule has 0 unspecified atom stereocenters. The van der Waals surface area contributed by atoms with Crippen LogP contribution in [-0.4, -0.2) is 60.2 Å². The second kappa shape index (κ2) is 8.95. The summed E-state index contributed by atoms with van der Waals surface area (Å²) in [7, 11) is 0. The van der Waals surface area contributed by atoms with Gasteiger partial charge in [0.25, 0.3) is 11.7 Å². The lowest BCUT2D eigenvalue weighted by molar-refractivity contribution is -0.130. The Morgan fingerprint density at radius 2 is 1.76 bits per heavy atom. The first kappa shape index (κ1) is 21.0. The lowest BCUT2D eigenvalue weighted by atomic mass is 10.1. The van der Waals surface area contributed by atoms with E-state index in [1.807, 2.05) is 36.4 Å². The van der Waals surface area contributed by atoms with Crippen LogP contribution < -0.4 is 14.8 Å². The first-order valence-electron chi connectivity index (χ1n) is 10.7. The highest BCUT2D eigenvalue weighted by molar-refractivity contribution is 6.44. The van der Waals surface area contributed by atoms with E-state index < -0.39 is 11.7 Å². The molecule has 9 heteroatoms. The molecule has 2 aromatic carbocycles. The lowest BCUT2D eigenvalue weighted by Gasteiger charge is -2.25. The van der Waals surface area contributed by atoms with Gasteiger partial charge < -0.3 is 29.0 Å². The van der Waals surface area contributed by atoms with Crippen LogP contribution in [0.25, 0.3) is 10.9 Å². The molecular weight excluding hydrogens is 426 g/mol. The van der Waals surface area contributed by atoms with E-state index in [1.165, 1.54) is 4.90 Å². The van der Waals surface area contributed by atoms with Crippen molar-refractivity contribution in [1.29, 1.82) is 0 Å². The number of amides is 2. The zero-order valence-electron chi connectivity index (χ0n) is 17.9. The summed E-state index contributed by atoms with van der Waals surface area (Å²) in [5.41, 5.74) is 1.90. The maximum Gasteiger partial charge on any atom is 0.295 e. The summed E-state index contributed by atoms with van der Waals surface area (Å²) < 4.78 is 17.6. The Hall–Kier alpha value is -3.85. The Morgan fingerprint density at radius 1 is 0.970 bits per heavy atom. The van der Waals surface area contributed by atoms with Crippen LogP contribution >= 0.6 is 0 Å². The molecule has 9 nitrogen and oxygen atoms in total. The molecule has 0 saturated carbocycles. The third kappa shape index (κ3) is 4.27. The minimum atomic E-state index is -0.576. The fraction of sp³-hybridized carbons (Fsp3) is 0.292. The van der Waals surface area contributed by atoms with Crippen molar-refractivity contribution >= 4 is 28.5 Å². The number of Topliss-reactive ketones (excluding diaryl/α,β-unsaturated/α-hetero) is 1. The summed E-state index contributed by atoms with van der Waals surface area (Å²) in [6.07, 6.45) is 1.59. The Morgan fingerprint density at radius 3 is 2.61 bits per heavy atom. The molecule has 0 aliphatic carbocycles. The van der Waals surface area contributed by atoms with Gasteiger partial charge in [0.05, 0.1) is 18.8 Å². The van der Waals surface area contributed by atoms with Gasteiger partial charge in [-0.25, -0.2) is 0 Å². The van der Waals surface area contributed by atoms with E-state index in [0.717, 1.165) is 5.56 Å². The van der Waals surface area contributed by atoms with Crippen LogP contribution in [0, 0.1) is 0 Å². The SMILES string of the molecule is O=C(Cn1cc(C(=O)C(=O)N2CCOCC2)c2ccccc21)NCc1ccc2c(c1)OCO2. The molecule has 1 saturated heterocycles. The van der Waals surface area contributed by atoms with E-state index in [4.69, 9.17) is 14.2 Å². The summed E-state index contributed by atoms with van der Waals surface area (Å²) in [6.45, 7) is 2.17. The van der Waals surface area contributed by atoms with Crippen molar-refractivity contribution in [1.82, 2.24) is 14.8 Å². The largest absolute Gasteiger partial charge is 0.454 e. The molecule has 170 valence electrons. The number of rotatable bonds is 6. The Kier molecular flexibility index (Phi) is 5.70. The van der Waals surface area contributed by atoms with Crippen LogP contribution in [0.5, 0.6) is 11.5 Å². The van der Waals surface area contributed by atoms with Crippen LogP contribution in [0.15, 0.2) is 48.7 Å². The van der Waals surface area contributed by atoms with E-state index in [0.29, 0.717) is 60.8 Å². The topological polar surface area (TPSA) is 99.1 Å². The van der Waals surface area contributed by atoms with Crippen LogP contribution in [0.4, 0.5) is 0 Å². The number of nitrogens with one attached hydrogen (secondary N) is 1. The van der Waals surface area contributed by atoms with E-state index in [-0.39, 0.29) is 19.2 Å². The van der Waals surface area contributed by atoms with Crippen molar-refractivity contribution in [3.05, 3.63) is 59.8 Å². The van der Waals surface area contributed by atoms with Crippen molar-refractivity contribution < 1.29 is 28.6 Å². The number of nitrogens with zero attached hydrogens (tertiary/aromatic N) is 2. The van der Waals surface area contributed by atoms with Crippen LogP contribution in [0.3, 0.4) is 0 Å². The zero-order valence-corrected chi connectivity index (χ0v) is 17.9. The standard InChI is InChI=1S/C24H23N3O6/c28-22(25-12-16-5-6-20-21(11-16)33-15-32-20)14-27-13-18(17-3-1-2-4-19(17)27)23(29)24(30)26-7-9-31-10-8-26/h1-6,11,13H,7-10,12,14-15H2,(H,25,28). The van der Waals surface area contributed by atoms with Crippen LogP contribution in [0.2, 0.25) is 0 Å². The number of hydrogen-bond donors (Lipinski definition) is 1. The molecular formula is C24H23N3O6. The molecule has 1 aromatic heterocycles. The second-order valence-corrected chi connectivity index (χ2v) is 7.89. The van der Waals surface area contributed by atoms with E-state index in [2.05, 4.69) is 5.32 Å². The third-order valence-electron chi connectivity index (χ3n) is 5.77. The van der Waals surface area contributed by atoms with Gasteiger partial charge in [-0.1, -0.05) is 24.3 Å². The number of para-hydroxylation sites is 1. The summed E-state index contributed by atoms with van der Waals surface area (Å²) >= 11 is 0. The summed E-state index contributed by atoms with van der Waals surface area (Å²) in [6, 6.07) is 12.8. The molecule has 0 spiro atoms. The first-order valence-corrected chi connectivity index (χ1v) is 10.7. The molecule has 1 fully saturated rings. The minimum absolute atomic E-state index is 0.0179. The third-order valence-corrected chi connectivity index (χ3v) is 5.77. The molecule has 1 N–H and O–H groups in total. The van der Waals surface area contributed by atoms with Crippen molar-refractivity contribution in [2.75, 3.05) is 33.1 Å². The highest BCUT2D eigenvalue weighted by Crippen LogP contribution is 2.32. The van der Waals surface area contributed by atoms with Gasteiger partial charge in [0, 0.05) is 36.7 Å². The molecule has 33 heavy (non-hydrogen) atoms. The van der Waals surface area contributed by atoms with Crippen molar-refractivity contribution in [3.63, 3.8) is 0 Å². The van der Waals surface area contributed by atoms with Crippen molar-refractivity contribution in [2.45, 2.75) is 13.1 Å². The highest BCUT2D eigenvalue weighted by Gasteiger charge is 2.27. The van der Waals surface area contributed by atoms with Crippen molar-refractivity contribution in [2.24, 2.45) is 0 Å². The van der Waals surface area contributed by atoms with E-state index in [9.17, 15) is 14.4 Å². The fourth-order valence-corrected chi connectivity index (χ4v) is 4.05. The molecule has 2 aliphatic rings. The van der Waals surface area contributed by atoms with Gasteiger partial charge in [-0.3, -0.25) is 14.4 Å². The molecule has 2 amide bonds. The maximum absolute atomic E-state index is 13.0. The quantitative estimate of drug-likeness (QED) is 0.455. The molecule has 3 heterocycles. The lowest BCUT2D eigenvalue weighted by Crippen LogP contribution is -2.44. The fourth-order valence-electron chi connectivity index (χ4n) is 4.05.